The number of benzene rings is 1. The van der Waals surface area contributed by atoms with Crippen LogP contribution in [0.2, 0.25) is 0 Å². The van der Waals surface area contributed by atoms with Gasteiger partial charge in [-0.05, 0) is 57.8 Å². The Kier molecular flexibility index (Phi) is 6.27. The number of nitrogens with zero attached hydrogens (tertiary/aromatic N) is 1. The zero-order chi connectivity index (χ0) is 18.5. The lowest BCUT2D eigenvalue weighted by molar-refractivity contribution is 0.0922. The minimum atomic E-state index is -0.126. The van der Waals surface area contributed by atoms with Gasteiger partial charge >= 0.3 is 0 Å². The van der Waals surface area contributed by atoms with Crippen molar-refractivity contribution < 1.29 is 9.53 Å². The van der Waals surface area contributed by atoms with Gasteiger partial charge in [-0.25, -0.2) is 4.98 Å². The molecule has 2 N–H and O–H groups in total. The molecule has 5 nitrogen and oxygen atoms in total. The number of carbonyl (C=O) groups is 1. The Hall–Kier alpha value is -1.92. The average Bonchev–Trinajstić information content (AvgIpc) is 3.12. The second-order valence-electron chi connectivity index (χ2n) is 7.00. The summed E-state index contributed by atoms with van der Waals surface area (Å²) in [5.74, 6) is 1.25. The monoisotopic (exact) mass is 373 g/mol. The largest absolute Gasteiger partial charge is 0.491 e. The van der Waals surface area contributed by atoms with Gasteiger partial charge in [0, 0.05) is 11.3 Å². The van der Waals surface area contributed by atoms with Gasteiger partial charge in [0.15, 0.2) is 0 Å². The molecule has 26 heavy (non-hydrogen) atoms. The maximum Gasteiger partial charge on any atom is 0.271 e. The van der Waals surface area contributed by atoms with Gasteiger partial charge in [0.05, 0.1) is 11.0 Å². The van der Waals surface area contributed by atoms with Crippen LogP contribution < -0.4 is 15.4 Å². The van der Waals surface area contributed by atoms with E-state index < -0.39 is 0 Å². The van der Waals surface area contributed by atoms with E-state index >= 15 is 0 Å². The molecule has 2 heterocycles. The standard InChI is InChI=1S/C20H27N3O2S/c1-13-5-4-6-14(2)18(13)25-11-15(3)22-19(24)17-12-26-20(23-17)16-7-9-21-10-8-16/h4-6,12,15-16,21H,7-11H2,1-3H3,(H,22,24). The van der Waals surface area contributed by atoms with Crippen LogP contribution in [0, 0.1) is 13.8 Å². The smallest absolute Gasteiger partial charge is 0.271 e. The van der Waals surface area contributed by atoms with Gasteiger partial charge in [-0.15, -0.1) is 11.3 Å². The van der Waals surface area contributed by atoms with Crippen LogP contribution in [0.3, 0.4) is 0 Å². The molecule has 1 amide bonds. The molecular formula is C20H27N3O2S. The number of carbonyl (C=O) groups excluding carboxylic acids is 1. The molecule has 2 aromatic rings. The third-order valence-electron chi connectivity index (χ3n) is 4.71. The van der Waals surface area contributed by atoms with Crippen LogP contribution >= 0.6 is 11.3 Å². The van der Waals surface area contributed by atoms with Crippen molar-refractivity contribution in [1.82, 2.24) is 15.6 Å². The lowest BCUT2D eigenvalue weighted by atomic mass is 9.99. The van der Waals surface area contributed by atoms with Crippen LogP contribution in [0.15, 0.2) is 23.6 Å². The number of hydrogen-bond donors (Lipinski definition) is 2. The number of para-hydroxylation sites is 1. The van der Waals surface area contributed by atoms with E-state index in [1.807, 2.05) is 44.4 Å². The third kappa shape index (κ3) is 4.62. The van der Waals surface area contributed by atoms with E-state index in [9.17, 15) is 4.79 Å². The Morgan fingerprint density at radius 1 is 1.35 bits per heavy atom. The van der Waals surface area contributed by atoms with Crippen LogP contribution in [0.5, 0.6) is 5.75 Å². The normalized spacial score (nSPS) is 16.3. The number of ether oxygens (including phenoxy) is 1. The summed E-state index contributed by atoms with van der Waals surface area (Å²) >= 11 is 1.59. The van der Waals surface area contributed by atoms with Crippen LogP contribution in [-0.4, -0.2) is 36.6 Å². The van der Waals surface area contributed by atoms with E-state index in [0.29, 0.717) is 18.2 Å². The van der Waals surface area contributed by atoms with Crippen molar-refractivity contribution in [3.63, 3.8) is 0 Å². The molecular weight excluding hydrogens is 346 g/mol. The third-order valence-corrected chi connectivity index (χ3v) is 5.71. The predicted octanol–water partition coefficient (Wildman–Crippen LogP) is 3.42. The van der Waals surface area contributed by atoms with Crippen molar-refractivity contribution in [3.05, 3.63) is 45.4 Å². The first-order valence-electron chi connectivity index (χ1n) is 9.20. The summed E-state index contributed by atoms with van der Waals surface area (Å²) in [5, 5.41) is 9.30. The summed E-state index contributed by atoms with van der Waals surface area (Å²) < 4.78 is 5.93. The van der Waals surface area contributed by atoms with Gasteiger partial charge in [0.1, 0.15) is 18.1 Å². The molecule has 0 aliphatic carbocycles. The molecule has 1 fully saturated rings. The maximum atomic E-state index is 12.5. The summed E-state index contributed by atoms with van der Waals surface area (Å²) in [5.41, 5.74) is 2.73. The van der Waals surface area contributed by atoms with E-state index in [2.05, 4.69) is 15.6 Å². The molecule has 0 bridgehead atoms. The van der Waals surface area contributed by atoms with Crippen molar-refractivity contribution in [1.29, 1.82) is 0 Å². The molecule has 0 spiro atoms. The first-order valence-corrected chi connectivity index (χ1v) is 10.1. The average molecular weight is 374 g/mol. The van der Waals surface area contributed by atoms with Gasteiger partial charge in [-0.1, -0.05) is 18.2 Å². The van der Waals surface area contributed by atoms with Crippen molar-refractivity contribution in [2.24, 2.45) is 0 Å². The Balaban J connectivity index is 1.53. The summed E-state index contributed by atoms with van der Waals surface area (Å²) in [6.45, 7) is 8.50. The highest BCUT2D eigenvalue weighted by atomic mass is 32.1. The Morgan fingerprint density at radius 3 is 2.73 bits per heavy atom. The number of amides is 1. The first kappa shape index (κ1) is 18.9. The number of rotatable bonds is 6. The van der Waals surface area contributed by atoms with Gasteiger partial charge in [-0.2, -0.15) is 0 Å². The lowest BCUT2D eigenvalue weighted by Gasteiger charge is -2.20. The molecule has 1 aliphatic rings. The molecule has 0 radical (unpaired) electrons. The summed E-state index contributed by atoms with van der Waals surface area (Å²) in [6.07, 6.45) is 2.18. The quantitative estimate of drug-likeness (QED) is 0.814. The fourth-order valence-electron chi connectivity index (χ4n) is 3.22. The van der Waals surface area contributed by atoms with Gasteiger partial charge < -0.3 is 15.4 Å². The molecule has 6 heteroatoms. The second kappa shape index (κ2) is 8.64. The van der Waals surface area contributed by atoms with Gasteiger partial charge in [-0.3, -0.25) is 4.79 Å². The van der Waals surface area contributed by atoms with Crippen molar-refractivity contribution in [2.75, 3.05) is 19.7 Å². The predicted molar refractivity (Wildman–Crippen MR) is 105 cm³/mol. The number of aryl methyl sites for hydroxylation is 2. The van der Waals surface area contributed by atoms with E-state index in [1.165, 1.54) is 0 Å². The number of aromatic nitrogens is 1. The fraction of sp³-hybridized carbons (Fsp3) is 0.500. The number of nitrogens with one attached hydrogen (secondary N) is 2. The van der Waals surface area contributed by atoms with Crippen molar-refractivity contribution >= 4 is 17.2 Å². The molecule has 1 saturated heterocycles. The highest BCUT2D eigenvalue weighted by Gasteiger charge is 2.21. The highest BCUT2D eigenvalue weighted by molar-refractivity contribution is 7.09. The van der Waals surface area contributed by atoms with E-state index in [1.54, 1.807) is 11.3 Å². The molecule has 1 aromatic heterocycles. The van der Waals surface area contributed by atoms with Crippen molar-refractivity contribution in [2.45, 2.75) is 45.6 Å². The topological polar surface area (TPSA) is 63.2 Å². The van der Waals surface area contributed by atoms with Gasteiger partial charge in [0.2, 0.25) is 0 Å². The van der Waals surface area contributed by atoms with Gasteiger partial charge in [0.25, 0.3) is 5.91 Å². The minimum absolute atomic E-state index is 0.0921. The molecule has 1 aliphatic heterocycles. The van der Waals surface area contributed by atoms with Crippen LogP contribution in [0.1, 0.15) is 52.3 Å². The number of hydrogen-bond acceptors (Lipinski definition) is 5. The van der Waals surface area contributed by atoms with E-state index in [0.717, 1.165) is 47.8 Å². The Morgan fingerprint density at radius 2 is 2.04 bits per heavy atom. The SMILES string of the molecule is Cc1cccc(C)c1OCC(C)NC(=O)c1csc(C2CCNCC2)n1. The summed E-state index contributed by atoms with van der Waals surface area (Å²) in [6, 6.07) is 5.99. The fourth-order valence-corrected chi connectivity index (χ4v) is 4.19. The molecule has 140 valence electrons. The zero-order valence-electron chi connectivity index (χ0n) is 15.7. The summed E-state index contributed by atoms with van der Waals surface area (Å²) in [4.78, 5) is 17.0. The van der Waals surface area contributed by atoms with Crippen molar-refractivity contribution in [3.8, 4) is 5.75 Å². The van der Waals surface area contributed by atoms with E-state index in [4.69, 9.17) is 4.74 Å². The lowest BCUT2D eigenvalue weighted by Crippen LogP contribution is -2.37. The van der Waals surface area contributed by atoms with Crippen LogP contribution in [0.25, 0.3) is 0 Å². The molecule has 1 unspecified atom stereocenters. The first-order chi connectivity index (χ1) is 12.5. The van der Waals surface area contributed by atoms with E-state index in [-0.39, 0.29) is 11.9 Å². The van der Waals surface area contributed by atoms with Crippen LogP contribution in [-0.2, 0) is 0 Å². The molecule has 1 atom stereocenters. The summed E-state index contributed by atoms with van der Waals surface area (Å²) in [7, 11) is 0. The van der Waals surface area contributed by atoms with Crippen LogP contribution in [0.4, 0.5) is 0 Å². The zero-order valence-corrected chi connectivity index (χ0v) is 16.5. The Bertz CT molecular complexity index is 733. The molecule has 3 rings (SSSR count). The molecule has 0 saturated carbocycles. The molecule has 1 aromatic carbocycles. The highest BCUT2D eigenvalue weighted by Crippen LogP contribution is 2.28. The number of piperidine rings is 1. The Labute approximate surface area is 159 Å². The number of thiazole rings is 1. The minimum Gasteiger partial charge on any atom is -0.491 e. The maximum absolute atomic E-state index is 12.5. The second-order valence-corrected chi connectivity index (χ2v) is 7.89.